The van der Waals surface area contributed by atoms with E-state index in [1.165, 1.54) is 5.56 Å². The van der Waals surface area contributed by atoms with Gasteiger partial charge in [0.15, 0.2) is 5.96 Å². The molecule has 0 aliphatic rings. The number of guanidine groups is 1. The minimum absolute atomic E-state index is 0.0510. The zero-order valence-corrected chi connectivity index (χ0v) is 12.7. The lowest BCUT2D eigenvalue weighted by molar-refractivity contribution is 0.590. The zero-order chi connectivity index (χ0) is 15.5. The molecule has 21 heavy (non-hydrogen) atoms. The third-order valence-corrected chi connectivity index (χ3v) is 3.19. The van der Waals surface area contributed by atoms with Crippen molar-refractivity contribution in [1.29, 1.82) is 0 Å². The molecule has 0 radical (unpaired) electrons. The molecule has 1 heterocycles. The van der Waals surface area contributed by atoms with Crippen molar-refractivity contribution < 1.29 is 0 Å². The van der Waals surface area contributed by atoms with E-state index in [1.54, 1.807) is 12.4 Å². The summed E-state index contributed by atoms with van der Waals surface area (Å²) >= 11 is 0. The standard InChI is InChI=1S/C16H21N5/c1-16(2,3)12-6-4-5-11(9-12)14-13(10-21-15(17)18)19-7-8-20-14/h4-9H,10H2,1-3H3,(H4,17,18,21). The van der Waals surface area contributed by atoms with Crippen molar-refractivity contribution in [1.82, 2.24) is 9.97 Å². The SMILES string of the molecule is CC(C)(C)c1cccc(-c2nccnc2CN=C(N)N)c1. The van der Waals surface area contributed by atoms with Gasteiger partial charge in [0, 0.05) is 18.0 Å². The van der Waals surface area contributed by atoms with E-state index in [-0.39, 0.29) is 11.4 Å². The Hall–Kier alpha value is -2.43. The number of nitrogens with zero attached hydrogens (tertiary/aromatic N) is 3. The van der Waals surface area contributed by atoms with Gasteiger partial charge in [-0.25, -0.2) is 4.99 Å². The molecule has 2 rings (SSSR count). The fraction of sp³-hybridized carbons (Fsp3) is 0.312. The van der Waals surface area contributed by atoms with Crippen LogP contribution in [0.3, 0.4) is 0 Å². The van der Waals surface area contributed by atoms with Crippen LogP contribution >= 0.6 is 0 Å². The van der Waals surface area contributed by atoms with E-state index in [1.807, 2.05) is 12.1 Å². The monoisotopic (exact) mass is 283 g/mol. The lowest BCUT2D eigenvalue weighted by Gasteiger charge is -2.20. The van der Waals surface area contributed by atoms with E-state index in [4.69, 9.17) is 11.5 Å². The summed E-state index contributed by atoms with van der Waals surface area (Å²) < 4.78 is 0. The first-order valence-corrected chi connectivity index (χ1v) is 6.84. The van der Waals surface area contributed by atoms with Gasteiger partial charge in [-0.2, -0.15) is 0 Å². The molecule has 0 atom stereocenters. The van der Waals surface area contributed by atoms with Crippen LogP contribution in [0.4, 0.5) is 0 Å². The summed E-state index contributed by atoms with van der Waals surface area (Å²) in [7, 11) is 0. The largest absolute Gasteiger partial charge is 0.370 e. The maximum absolute atomic E-state index is 5.39. The third kappa shape index (κ3) is 3.78. The Morgan fingerprint density at radius 2 is 1.86 bits per heavy atom. The molecule has 1 aromatic heterocycles. The third-order valence-electron chi connectivity index (χ3n) is 3.19. The second-order valence-electron chi connectivity index (χ2n) is 5.92. The average molecular weight is 283 g/mol. The van der Waals surface area contributed by atoms with Gasteiger partial charge in [-0.15, -0.1) is 0 Å². The van der Waals surface area contributed by atoms with Gasteiger partial charge < -0.3 is 11.5 Å². The lowest BCUT2D eigenvalue weighted by atomic mass is 9.86. The van der Waals surface area contributed by atoms with Gasteiger partial charge in [-0.1, -0.05) is 39.0 Å². The molecular formula is C16H21N5. The molecule has 0 aliphatic heterocycles. The molecule has 5 heteroatoms. The van der Waals surface area contributed by atoms with Gasteiger partial charge in [0.25, 0.3) is 0 Å². The Balaban J connectivity index is 2.45. The van der Waals surface area contributed by atoms with E-state index in [0.29, 0.717) is 6.54 Å². The number of aromatic nitrogens is 2. The van der Waals surface area contributed by atoms with Crippen molar-refractivity contribution in [2.45, 2.75) is 32.7 Å². The highest BCUT2D eigenvalue weighted by Crippen LogP contribution is 2.27. The number of hydrogen-bond donors (Lipinski definition) is 2. The van der Waals surface area contributed by atoms with Gasteiger partial charge in [-0.3, -0.25) is 9.97 Å². The number of benzene rings is 1. The van der Waals surface area contributed by atoms with Crippen molar-refractivity contribution in [2.75, 3.05) is 0 Å². The Morgan fingerprint density at radius 1 is 1.14 bits per heavy atom. The van der Waals surface area contributed by atoms with Gasteiger partial charge in [-0.05, 0) is 17.0 Å². The molecular weight excluding hydrogens is 262 g/mol. The second-order valence-corrected chi connectivity index (χ2v) is 5.92. The molecule has 0 aliphatic carbocycles. The fourth-order valence-electron chi connectivity index (χ4n) is 2.02. The Bertz CT molecular complexity index is 652. The first-order chi connectivity index (χ1) is 9.88. The molecule has 5 nitrogen and oxygen atoms in total. The van der Waals surface area contributed by atoms with Crippen molar-refractivity contribution in [3.8, 4) is 11.3 Å². The molecule has 1 aromatic carbocycles. The van der Waals surface area contributed by atoms with Crippen LogP contribution in [0.25, 0.3) is 11.3 Å². The highest BCUT2D eigenvalue weighted by molar-refractivity contribution is 5.75. The van der Waals surface area contributed by atoms with Crippen LogP contribution < -0.4 is 11.5 Å². The molecule has 4 N–H and O–H groups in total. The fourth-order valence-corrected chi connectivity index (χ4v) is 2.02. The summed E-state index contributed by atoms with van der Waals surface area (Å²) in [4.78, 5) is 12.8. The molecule has 0 unspecified atom stereocenters. The van der Waals surface area contributed by atoms with Crippen LogP contribution in [0.5, 0.6) is 0 Å². The molecule has 0 saturated heterocycles. The first-order valence-electron chi connectivity index (χ1n) is 6.84. The maximum Gasteiger partial charge on any atom is 0.186 e. The van der Waals surface area contributed by atoms with Crippen LogP contribution in [0.15, 0.2) is 41.7 Å². The number of rotatable bonds is 3. The van der Waals surface area contributed by atoms with E-state index >= 15 is 0 Å². The molecule has 0 spiro atoms. The predicted octanol–water partition coefficient (Wildman–Crippen LogP) is 2.21. The van der Waals surface area contributed by atoms with Crippen molar-refractivity contribution in [2.24, 2.45) is 16.5 Å². The minimum atomic E-state index is 0.0510. The van der Waals surface area contributed by atoms with Gasteiger partial charge in [0.1, 0.15) is 0 Å². The topological polar surface area (TPSA) is 90.2 Å². The van der Waals surface area contributed by atoms with E-state index in [0.717, 1.165) is 17.0 Å². The Labute approximate surface area is 125 Å². The number of hydrogen-bond acceptors (Lipinski definition) is 3. The van der Waals surface area contributed by atoms with Crippen LogP contribution in [-0.2, 0) is 12.0 Å². The van der Waals surface area contributed by atoms with Crippen molar-refractivity contribution in [3.63, 3.8) is 0 Å². The van der Waals surface area contributed by atoms with Gasteiger partial charge in [0.05, 0.1) is 17.9 Å². The maximum atomic E-state index is 5.39. The molecule has 0 bridgehead atoms. The van der Waals surface area contributed by atoms with Crippen LogP contribution in [0, 0.1) is 0 Å². The summed E-state index contributed by atoms with van der Waals surface area (Å²) in [6.45, 7) is 6.88. The summed E-state index contributed by atoms with van der Waals surface area (Å²) in [6, 6.07) is 8.33. The van der Waals surface area contributed by atoms with Crippen LogP contribution in [0.2, 0.25) is 0 Å². The highest BCUT2D eigenvalue weighted by Gasteiger charge is 2.15. The zero-order valence-electron chi connectivity index (χ0n) is 12.7. The highest BCUT2D eigenvalue weighted by atomic mass is 15.0. The smallest absolute Gasteiger partial charge is 0.186 e. The summed E-state index contributed by atoms with van der Waals surface area (Å²) in [5, 5.41) is 0. The van der Waals surface area contributed by atoms with Crippen LogP contribution in [0.1, 0.15) is 32.0 Å². The number of nitrogens with two attached hydrogens (primary N) is 2. The quantitative estimate of drug-likeness (QED) is 0.667. The van der Waals surface area contributed by atoms with Crippen molar-refractivity contribution in [3.05, 3.63) is 47.9 Å². The summed E-state index contributed by atoms with van der Waals surface area (Å²) in [5.74, 6) is 0.0510. The molecule has 110 valence electrons. The number of aliphatic imine (C=N–C) groups is 1. The average Bonchev–Trinajstić information content (AvgIpc) is 2.44. The predicted molar refractivity (Wildman–Crippen MR) is 85.7 cm³/mol. The van der Waals surface area contributed by atoms with E-state index < -0.39 is 0 Å². The van der Waals surface area contributed by atoms with E-state index in [2.05, 4.69) is 47.9 Å². The molecule has 0 saturated carbocycles. The second kappa shape index (κ2) is 5.91. The normalized spacial score (nSPS) is 11.2. The van der Waals surface area contributed by atoms with E-state index in [9.17, 15) is 0 Å². The Morgan fingerprint density at radius 3 is 2.52 bits per heavy atom. The van der Waals surface area contributed by atoms with Crippen LogP contribution in [-0.4, -0.2) is 15.9 Å². The lowest BCUT2D eigenvalue weighted by Crippen LogP contribution is -2.22. The summed E-state index contributed by atoms with van der Waals surface area (Å²) in [6.07, 6.45) is 3.33. The minimum Gasteiger partial charge on any atom is -0.370 e. The molecule has 0 fully saturated rings. The first kappa shape index (κ1) is 15.0. The van der Waals surface area contributed by atoms with Crippen molar-refractivity contribution >= 4 is 5.96 Å². The molecule has 0 amide bonds. The van der Waals surface area contributed by atoms with Gasteiger partial charge >= 0.3 is 0 Å². The van der Waals surface area contributed by atoms with Gasteiger partial charge in [0.2, 0.25) is 0 Å². The molecule has 2 aromatic rings. The Kier molecular flexibility index (Phi) is 4.21. The summed E-state index contributed by atoms with van der Waals surface area (Å²) in [5.41, 5.74) is 14.7.